The number of hydrogen-bond acceptors (Lipinski definition) is 5. The van der Waals surface area contributed by atoms with Gasteiger partial charge in [0, 0.05) is 35.1 Å². The van der Waals surface area contributed by atoms with Gasteiger partial charge in [-0.25, -0.2) is 4.98 Å². The van der Waals surface area contributed by atoms with Crippen molar-refractivity contribution in [2.75, 3.05) is 24.3 Å². The molecule has 1 aliphatic heterocycles. The summed E-state index contributed by atoms with van der Waals surface area (Å²) >= 11 is 5.44. The fraction of sp³-hybridized carbons (Fsp3) is 0.733. The molecule has 0 saturated carbocycles. The van der Waals surface area contributed by atoms with Gasteiger partial charge in [0.2, 0.25) is 5.91 Å². The van der Waals surface area contributed by atoms with Crippen molar-refractivity contribution in [3.8, 4) is 0 Å². The van der Waals surface area contributed by atoms with Gasteiger partial charge < -0.3 is 4.90 Å². The van der Waals surface area contributed by atoms with E-state index in [1.165, 1.54) is 10.6 Å². The van der Waals surface area contributed by atoms with Gasteiger partial charge in [-0.05, 0) is 13.8 Å². The zero-order valence-corrected chi connectivity index (χ0v) is 15.8. The molecule has 2 rings (SSSR count). The molecule has 21 heavy (non-hydrogen) atoms. The quantitative estimate of drug-likeness (QED) is 0.828. The number of amides is 1. The molecule has 1 aliphatic rings. The number of thiazole rings is 1. The predicted molar refractivity (Wildman–Crippen MR) is 95.7 cm³/mol. The first-order valence-corrected chi connectivity index (χ1v) is 10.4. The lowest BCUT2D eigenvalue weighted by Gasteiger charge is -2.30. The molecule has 2 atom stereocenters. The lowest BCUT2D eigenvalue weighted by molar-refractivity contribution is -0.130. The summed E-state index contributed by atoms with van der Waals surface area (Å²) in [6.45, 7) is 8.50. The largest absolute Gasteiger partial charge is 0.337 e. The third-order valence-corrected chi connectivity index (χ3v) is 8.11. The minimum atomic E-state index is 0.107. The molecule has 0 aliphatic carbocycles. The highest BCUT2D eigenvalue weighted by molar-refractivity contribution is 8.07. The van der Waals surface area contributed by atoms with Crippen LogP contribution in [-0.4, -0.2) is 45.3 Å². The normalized spacial score (nSPS) is 20.6. The summed E-state index contributed by atoms with van der Waals surface area (Å²) in [5, 5.41) is 1.28. The van der Waals surface area contributed by atoms with Crippen molar-refractivity contribution < 1.29 is 4.79 Å². The number of rotatable bonds is 4. The second-order valence-electron chi connectivity index (χ2n) is 5.72. The Morgan fingerprint density at radius 1 is 1.33 bits per heavy atom. The van der Waals surface area contributed by atoms with E-state index >= 15 is 0 Å². The summed E-state index contributed by atoms with van der Waals surface area (Å²) in [6, 6.07) is 0.107. The van der Waals surface area contributed by atoms with Crippen LogP contribution in [0.2, 0.25) is 0 Å². The van der Waals surface area contributed by atoms with E-state index in [4.69, 9.17) is 0 Å². The van der Waals surface area contributed by atoms with Crippen LogP contribution >= 0.6 is 34.9 Å². The van der Waals surface area contributed by atoms with Crippen LogP contribution in [0.5, 0.6) is 0 Å². The lowest BCUT2D eigenvalue weighted by atomic mass is 10.2. The molecule has 1 aromatic rings. The van der Waals surface area contributed by atoms with Gasteiger partial charge in [-0.3, -0.25) is 4.79 Å². The van der Waals surface area contributed by atoms with Crippen molar-refractivity contribution in [3.63, 3.8) is 0 Å². The van der Waals surface area contributed by atoms with E-state index in [1.807, 2.05) is 23.7 Å². The first kappa shape index (κ1) is 17.2. The van der Waals surface area contributed by atoms with Gasteiger partial charge in [0.25, 0.3) is 0 Å². The third-order valence-electron chi connectivity index (χ3n) is 3.74. The molecule has 0 spiro atoms. The van der Waals surface area contributed by atoms with Crippen molar-refractivity contribution in [3.05, 3.63) is 15.6 Å². The zero-order valence-electron chi connectivity index (χ0n) is 13.4. The minimum absolute atomic E-state index is 0.107. The van der Waals surface area contributed by atoms with Gasteiger partial charge >= 0.3 is 0 Å². The molecule has 0 N–H and O–H groups in total. The number of carbonyl (C=O) groups excluding carboxylic acids is 1. The van der Waals surface area contributed by atoms with E-state index in [0.29, 0.717) is 5.92 Å². The van der Waals surface area contributed by atoms with Crippen LogP contribution in [0.3, 0.4) is 0 Å². The Labute approximate surface area is 140 Å². The topological polar surface area (TPSA) is 33.2 Å². The fourth-order valence-electron chi connectivity index (χ4n) is 2.29. The Bertz CT molecular complexity index is 495. The molecule has 1 saturated heterocycles. The summed E-state index contributed by atoms with van der Waals surface area (Å²) in [6.07, 6.45) is 0. The van der Waals surface area contributed by atoms with Crippen LogP contribution < -0.4 is 0 Å². The first-order valence-electron chi connectivity index (χ1n) is 7.35. The molecule has 0 aromatic carbocycles. The molecular weight excluding hydrogens is 320 g/mol. The van der Waals surface area contributed by atoms with Crippen molar-refractivity contribution in [2.45, 2.75) is 44.9 Å². The van der Waals surface area contributed by atoms with Crippen molar-refractivity contribution in [1.82, 2.24) is 9.88 Å². The molecular formula is C15H24N2OS3. The Morgan fingerprint density at radius 3 is 2.57 bits per heavy atom. The highest BCUT2D eigenvalue weighted by Crippen LogP contribution is 2.33. The summed E-state index contributed by atoms with van der Waals surface area (Å²) in [5.74, 6) is 3.90. The van der Waals surface area contributed by atoms with Gasteiger partial charge in [-0.1, -0.05) is 13.8 Å². The van der Waals surface area contributed by atoms with Gasteiger partial charge in [0.15, 0.2) is 0 Å². The maximum atomic E-state index is 12.6. The third kappa shape index (κ3) is 3.96. The number of hydrogen-bond donors (Lipinski definition) is 0. The average molecular weight is 345 g/mol. The molecule has 118 valence electrons. The first-order chi connectivity index (χ1) is 9.91. The SMILES string of the molecule is Cc1nc(C(C)C)sc1[C@@H](C)N(C)C(=O)[C@H]1CSCCS1. The van der Waals surface area contributed by atoms with Gasteiger partial charge in [0.05, 0.1) is 22.0 Å². The molecule has 1 fully saturated rings. The Morgan fingerprint density at radius 2 is 2.05 bits per heavy atom. The van der Waals surface area contributed by atoms with Crippen LogP contribution in [0.1, 0.15) is 48.3 Å². The Hall–Kier alpha value is -0.200. The van der Waals surface area contributed by atoms with Crippen LogP contribution in [0.15, 0.2) is 0 Å². The van der Waals surface area contributed by atoms with Crippen LogP contribution in [-0.2, 0) is 4.79 Å². The van der Waals surface area contributed by atoms with Gasteiger partial charge in [-0.15, -0.1) is 23.1 Å². The van der Waals surface area contributed by atoms with Crippen molar-refractivity contribution >= 4 is 40.8 Å². The molecule has 3 nitrogen and oxygen atoms in total. The molecule has 0 radical (unpaired) electrons. The number of carbonyl (C=O) groups is 1. The van der Waals surface area contributed by atoms with E-state index in [1.54, 1.807) is 23.1 Å². The summed E-state index contributed by atoms with van der Waals surface area (Å²) in [4.78, 5) is 20.4. The Kier molecular flexibility index (Phi) is 6.03. The van der Waals surface area contributed by atoms with Crippen LogP contribution in [0.25, 0.3) is 0 Å². The number of aromatic nitrogens is 1. The minimum Gasteiger partial charge on any atom is -0.337 e. The number of aryl methyl sites for hydroxylation is 1. The van der Waals surface area contributed by atoms with E-state index < -0.39 is 0 Å². The molecule has 1 amide bonds. The Balaban J connectivity index is 2.10. The van der Waals surface area contributed by atoms with Crippen LogP contribution in [0, 0.1) is 6.92 Å². The van der Waals surface area contributed by atoms with E-state index in [0.717, 1.165) is 22.2 Å². The van der Waals surface area contributed by atoms with E-state index in [-0.39, 0.29) is 17.2 Å². The predicted octanol–water partition coefficient (Wildman–Crippen LogP) is 3.94. The highest BCUT2D eigenvalue weighted by Gasteiger charge is 2.29. The number of thioether (sulfide) groups is 2. The average Bonchev–Trinajstić information content (AvgIpc) is 2.88. The monoisotopic (exact) mass is 344 g/mol. The molecule has 1 aromatic heterocycles. The second kappa shape index (κ2) is 7.38. The molecule has 6 heteroatoms. The maximum Gasteiger partial charge on any atom is 0.236 e. The zero-order chi connectivity index (χ0) is 15.6. The molecule has 2 heterocycles. The number of nitrogens with zero attached hydrogens (tertiary/aromatic N) is 2. The second-order valence-corrected chi connectivity index (χ2v) is 9.24. The summed E-state index contributed by atoms with van der Waals surface area (Å²) in [7, 11) is 1.93. The summed E-state index contributed by atoms with van der Waals surface area (Å²) < 4.78 is 0. The van der Waals surface area contributed by atoms with Crippen LogP contribution in [0.4, 0.5) is 0 Å². The van der Waals surface area contributed by atoms with E-state index in [2.05, 4.69) is 32.7 Å². The summed E-state index contributed by atoms with van der Waals surface area (Å²) in [5.41, 5.74) is 1.07. The van der Waals surface area contributed by atoms with Crippen molar-refractivity contribution in [1.29, 1.82) is 0 Å². The molecule has 0 bridgehead atoms. The van der Waals surface area contributed by atoms with Crippen molar-refractivity contribution in [2.24, 2.45) is 0 Å². The highest BCUT2D eigenvalue weighted by atomic mass is 32.2. The van der Waals surface area contributed by atoms with Gasteiger partial charge in [0.1, 0.15) is 0 Å². The standard InChI is InChI=1S/C15H24N2OS3/c1-9(2)14-16-10(3)13(21-14)11(4)17(5)15(18)12-8-19-6-7-20-12/h9,11-12H,6-8H2,1-5H3/t11-,12-/m1/s1. The molecule has 0 unspecified atom stereocenters. The lowest BCUT2D eigenvalue weighted by Crippen LogP contribution is -2.39. The van der Waals surface area contributed by atoms with Gasteiger partial charge in [-0.2, -0.15) is 11.8 Å². The smallest absolute Gasteiger partial charge is 0.236 e. The maximum absolute atomic E-state index is 12.6. The van der Waals surface area contributed by atoms with E-state index in [9.17, 15) is 4.79 Å². The fourth-order valence-corrected chi connectivity index (χ4v) is 6.10.